The van der Waals surface area contributed by atoms with Gasteiger partial charge in [-0.3, -0.25) is 9.59 Å². The summed E-state index contributed by atoms with van der Waals surface area (Å²) in [6, 6.07) is 5.36. The number of nitrogens with one attached hydrogen (secondary N) is 3. The van der Waals surface area contributed by atoms with E-state index in [9.17, 15) is 9.59 Å². The van der Waals surface area contributed by atoms with Crippen LogP contribution in [0.4, 0.5) is 11.4 Å². The summed E-state index contributed by atoms with van der Waals surface area (Å²) in [5.74, 6) is 1.06. The van der Waals surface area contributed by atoms with Crippen LogP contribution in [0.1, 0.15) is 39.0 Å². The van der Waals surface area contributed by atoms with Gasteiger partial charge in [-0.15, -0.1) is 0 Å². The quantitative estimate of drug-likeness (QED) is 0.729. The van der Waals surface area contributed by atoms with Gasteiger partial charge in [-0.05, 0) is 50.0 Å². The van der Waals surface area contributed by atoms with Gasteiger partial charge in [0.25, 0.3) is 0 Å². The highest BCUT2D eigenvalue weighted by molar-refractivity contribution is 5.97. The Morgan fingerprint density at radius 3 is 2.50 bits per heavy atom. The Kier molecular flexibility index (Phi) is 6.14. The number of methoxy groups -OCH3 is 1. The molecule has 1 aromatic rings. The zero-order valence-corrected chi connectivity index (χ0v) is 15.6. The van der Waals surface area contributed by atoms with Gasteiger partial charge in [0.15, 0.2) is 0 Å². The molecule has 1 unspecified atom stereocenters. The Labute approximate surface area is 155 Å². The number of anilines is 2. The minimum Gasteiger partial charge on any atom is -0.495 e. The van der Waals surface area contributed by atoms with Crippen molar-refractivity contribution in [2.45, 2.75) is 39.0 Å². The van der Waals surface area contributed by atoms with E-state index in [-0.39, 0.29) is 23.7 Å². The summed E-state index contributed by atoms with van der Waals surface area (Å²) in [6.45, 7) is 3.73. The van der Waals surface area contributed by atoms with Crippen molar-refractivity contribution in [1.29, 1.82) is 0 Å². The molecule has 1 saturated heterocycles. The molecule has 2 amide bonds. The van der Waals surface area contributed by atoms with Crippen LogP contribution in [-0.4, -0.2) is 32.0 Å². The highest BCUT2D eigenvalue weighted by Gasteiger charge is 2.29. The van der Waals surface area contributed by atoms with Gasteiger partial charge in [0.05, 0.1) is 12.8 Å². The number of carbonyl (C=O) groups excluding carboxylic acids is 2. The van der Waals surface area contributed by atoms with Crippen molar-refractivity contribution in [3.63, 3.8) is 0 Å². The first-order valence-corrected chi connectivity index (χ1v) is 9.59. The molecule has 1 aliphatic carbocycles. The molecule has 2 aliphatic rings. The molecule has 0 bridgehead atoms. The second-order valence-electron chi connectivity index (χ2n) is 7.44. The molecule has 6 nitrogen and oxygen atoms in total. The molecule has 6 heteroatoms. The minimum atomic E-state index is -0.0429. The van der Waals surface area contributed by atoms with Gasteiger partial charge >= 0.3 is 0 Å². The lowest BCUT2D eigenvalue weighted by atomic mass is 9.88. The molecule has 142 valence electrons. The Balaban J connectivity index is 1.67. The maximum Gasteiger partial charge on any atom is 0.227 e. The summed E-state index contributed by atoms with van der Waals surface area (Å²) in [4.78, 5) is 25.0. The van der Waals surface area contributed by atoms with Crippen LogP contribution in [0.3, 0.4) is 0 Å². The van der Waals surface area contributed by atoms with E-state index >= 15 is 0 Å². The van der Waals surface area contributed by atoms with E-state index in [4.69, 9.17) is 4.74 Å². The van der Waals surface area contributed by atoms with Gasteiger partial charge in [0.2, 0.25) is 11.8 Å². The van der Waals surface area contributed by atoms with Crippen molar-refractivity contribution in [3.8, 4) is 5.75 Å². The van der Waals surface area contributed by atoms with Crippen molar-refractivity contribution in [2.75, 3.05) is 30.8 Å². The molecule has 1 aromatic carbocycles. The molecule has 1 atom stereocenters. The van der Waals surface area contributed by atoms with Crippen LogP contribution in [0.2, 0.25) is 0 Å². The van der Waals surface area contributed by atoms with Gasteiger partial charge in [-0.25, -0.2) is 0 Å². The molecule has 0 aromatic heterocycles. The fourth-order valence-corrected chi connectivity index (χ4v) is 3.62. The lowest BCUT2D eigenvalue weighted by molar-refractivity contribution is -0.121. The van der Waals surface area contributed by atoms with Crippen LogP contribution in [0.25, 0.3) is 0 Å². The number of hydrogen-bond acceptors (Lipinski definition) is 4. The highest BCUT2D eigenvalue weighted by atomic mass is 16.5. The number of rotatable bonds is 6. The minimum absolute atomic E-state index is 0.00576. The Hall–Kier alpha value is -2.08. The third-order valence-corrected chi connectivity index (χ3v) is 5.63. The molecule has 26 heavy (non-hydrogen) atoms. The molecule has 2 fully saturated rings. The van der Waals surface area contributed by atoms with Crippen LogP contribution in [0.15, 0.2) is 18.2 Å². The van der Waals surface area contributed by atoms with E-state index in [2.05, 4.69) is 16.0 Å². The molecule has 0 spiro atoms. The first-order chi connectivity index (χ1) is 12.6. The third kappa shape index (κ3) is 4.36. The smallest absolute Gasteiger partial charge is 0.227 e. The van der Waals surface area contributed by atoms with Gasteiger partial charge in [-0.1, -0.05) is 26.2 Å². The zero-order valence-electron chi connectivity index (χ0n) is 15.6. The summed E-state index contributed by atoms with van der Waals surface area (Å²) in [6.07, 6.45) is 5.32. The summed E-state index contributed by atoms with van der Waals surface area (Å²) in [5.41, 5.74) is 1.28. The molecule has 3 rings (SSSR count). The van der Waals surface area contributed by atoms with Crippen molar-refractivity contribution < 1.29 is 14.3 Å². The topological polar surface area (TPSA) is 79.5 Å². The van der Waals surface area contributed by atoms with Crippen LogP contribution in [-0.2, 0) is 9.59 Å². The van der Waals surface area contributed by atoms with E-state index in [0.717, 1.165) is 38.8 Å². The lowest BCUT2D eigenvalue weighted by Gasteiger charge is -2.31. The zero-order chi connectivity index (χ0) is 18.5. The van der Waals surface area contributed by atoms with E-state index in [1.54, 1.807) is 25.3 Å². The standard InChI is InChI=1S/C20H29N3O3/c1-13(15-11-21-12-15)19(24)22-16-8-9-18(26-2)17(10-16)23-20(25)14-6-4-3-5-7-14/h8-10,13-15,21H,3-7,11-12H2,1-2H3,(H,22,24)(H,23,25). The van der Waals surface area contributed by atoms with Crippen molar-refractivity contribution in [3.05, 3.63) is 18.2 Å². The molecule has 1 saturated carbocycles. The van der Waals surface area contributed by atoms with Gasteiger partial charge in [0.1, 0.15) is 5.75 Å². The predicted molar refractivity (Wildman–Crippen MR) is 102 cm³/mol. The Morgan fingerprint density at radius 1 is 1.15 bits per heavy atom. The highest BCUT2D eigenvalue weighted by Crippen LogP contribution is 2.31. The summed E-state index contributed by atoms with van der Waals surface area (Å²) >= 11 is 0. The van der Waals surface area contributed by atoms with E-state index in [1.807, 2.05) is 6.92 Å². The fourth-order valence-electron chi connectivity index (χ4n) is 3.62. The molecular weight excluding hydrogens is 330 g/mol. The molecule has 1 heterocycles. The third-order valence-electron chi connectivity index (χ3n) is 5.63. The normalized spacial score (nSPS) is 19.3. The van der Waals surface area contributed by atoms with Crippen LogP contribution < -0.4 is 20.7 Å². The number of carbonyl (C=O) groups is 2. The number of hydrogen-bond donors (Lipinski definition) is 3. The molecule has 3 N–H and O–H groups in total. The fraction of sp³-hybridized carbons (Fsp3) is 0.600. The molecular formula is C20H29N3O3. The van der Waals surface area contributed by atoms with E-state index in [0.29, 0.717) is 23.0 Å². The van der Waals surface area contributed by atoms with Crippen molar-refractivity contribution in [2.24, 2.45) is 17.8 Å². The average molecular weight is 359 g/mol. The number of amides is 2. The Bertz CT molecular complexity index is 652. The maximum absolute atomic E-state index is 12.6. The van der Waals surface area contributed by atoms with Gasteiger partial charge in [0, 0.05) is 17.5 Å². The van der Waals surface area contributed by atoms with E-state index < -0.39 is 0 Å². The van der Waals surface area contributed by atoms with Crippen LogP contribution in [0.5, 0.6) is 5.75 Å². The molecule has 0 radical (unpaired) electrons. The number of benzene rings is 1. The maximum atomic E-state index is 12.6. The average Bonchev–Trinajstić information content (AvgIpc) is 2.61. The second-order valence-corrected chi connectivity index (χ2v) is 7.44. The van der Waals surface area contributed by atoms with Crippen molar-refractivity contribution in [1.82, 2.24) is 5.32 Å². The second kappa shape index (κ2) is 8.54. The SMILES string of the molecule is COc1ccc(NC(=O)C(C)C2CNC2)cc1NC(=O)C1CCCCC1. The van der Waals surface area contributed by atoms with Gasteiger partial charge in [-0.2, -0.15) is 0 Å². The summed E-state index contributed by atoms with van der Waals surface area (Å²) in [7, 11) is 1.58. The van der Waals surface area contributed by atoms with Crippen LogP contribution in [0, 0.1) is 17.8 Å². The predicted octanol–water partition coefficient (Wildman–Crippen LogP) is 3.01. The largest absolute Gasteiger partial charge is 0.495 e. The summed E-state index contributed by atoms with van der Waals surface area (Å²) in [5, 5.41) is 9.15. The monoisotopic (exact) mass is 359 g/mol. The lowest BCUT2D eigenvalue weighted by Crippen LogP contribution is -2.48. The van der Waals surface area contributed by atoms with E-state index in [1.165, 1.54) is 6.42 Å². The first-order valence-electron chi connectivity index (χ1n) is 9.59. The number of ether oxygens (including phenoxy) is 1. The molecule has 1 aliphatic heterocycles. The first kappa shape index (κ1) is 18.7. The van der Waals surface area contributed by atoms with Gasteiger partial charge < -0.3 is 20.7 Å². The van der Waals surface area contributed by atoms with Crippen molar-refractivity contribution >= 4 is 23.2 Å². The summed E-state index contributed by atoms with van der Waals surface area (Å²) < 4.78 is 5.37. The van der Waals surface area contributed by atoms with Crippen LogP contribution >= 0.6 is 0 Å². The Morgan fingerprint density at radius 2 is 1.88 bits per heavy atom.